The number of nitrogens with two attached hydrogens (primary N) is 1. The van der Waals surface area contributed by atoms with Gasteiger partial charge in [-0.05, 0) is 36.8 Å². The van der Waals surface area contributed by atoms with E-state index in [-0.39, 0.29) is 12.4 Å². The third-order valence-corrected chi connectivity index (χ3v) is 3.13. The van der Waals surface area contributed by atoms with E-state index in [0.29, 0.717) is 21.9 Å². The summed E-state index contributed by atoms with van der Waals surface area (Å²) in [7, 11) is 0. The van der Waals surface area contributed by atoms with Crippen molar-refractivity contribution in [1.29, 1.82) is 5.41 Å². The van der Waals surface area contributed by atoms with Gasteiger partial charge in [-0.1, -0.05) is 23.7 Å². The Morgan fingerprint density at radius 1 is 1.30 bits per heavy atom. The second-order valence-corrected chi connectivity index (χ2v) is 4.84. The van der Waals surface area contributed by atoms with Crippen molar-refractivity contribution in [2.75, 3.05) is 0 Å². The Hall–Kier alpha value is -2.07. The Morgan fingerprint density at radius 2 is 2.05 bits per heavy atom. The maximum atomic E-state index is 13.2. The molecule has 0 saturated carbocycles. The second-order valence-electron chi connectivity index (χ2n) is 4.44. The number of hydrogen-bond acceptors (Lipinski definition) is 2. The molecule has 0 amide bonds. The molecule has 0 unspecified atom stereocenters. The largest absolute Gasteiger partial charge is 0.487 e. The fourth-order valence-electron chi connectivity index (χ4n) is 1.80. The summed E-state index contributed by atoms with van der Waals surface area (Å²) in [6.07, 6.45) is 0. The van der Waals surface area contributed by atoms with E-state index in [2.05, 4.69) is 0 Å². The molecule has 0 radical (unpaired) electrons. The highest BCUT2D eigenvalue weighted by Crippen LogP contribution is 2.26. The number of ether oxygens (including phenoxy) is 1. The zero-order valence-corrected chi connectivity index (χ0v) is 11.7. The maximum Gasteiger partial charge on any atom is 0.138 e. The molecule has 0 aliphatic carbocycles. The summed E-state index contributed by atoms with van der Waals surface area (Å²) in [6.45, 7) is 2.10. The lowest BCUT2D eigenvalue weighted by Crippen LogP contribution is -2.15. The number of halogens is 2. The van der Waals surface area contributed by atoms with E-state index in [1.165, 1.54) is 12.1 Å². The highest BCUT2D eigenvalue weighted by Gasteiger charge is 2.09. The smallest absolute Gasteiger partial charge is 0.138 e. The minimum absolute atomic E-state index is 0.165. The molecule has 0 heterocycles. The van der Waals surface area contributed by atoms with Crippen LogP contribution in [-0.2, 0) is 6.61 Å². The van der Waals surface area contributed by atoms with E-state index in [9.17, 15) is 4.39 Å². The van der Waals surface area contributed by atoms with Crippen molar-refractivity contribution in [1.82, 2.24) is 0 Å². The van der Waals surface area contributed by atoms with Crippen molar-refractivity contribution in [3.05, 3.63) is 63.9 Å². The van der Waals surface area contributed by atoms with Gasteiger partial charge in [0.1, 0.15) is 24.0 Å². The van der Waals surface area contributed by atoms with Crippen LogP contribution in [0.2, 0.25) is 5.02 Å². The van der Waals surface area contributed by atoms with Crippen molar-refractivity contribution in [2.24, 2.45) is 5.73 Å². The molecule has 2 aromatic rings. The van der Waals surface area contributed by atoms with E-state index in [1.54, 1.807) is 18.2 Å². The van der Waals surface area contributed by atoms with Gasteiger partial charge in [0, 0.05) is 11.1 Å². The molecule has 0 fully saturated rings. The molecule has 0 aliphatic heterocycles. The summed E-state index contributed by atoms with van der Waals surface area (Å²) in [5.41, 5.74) is 7.43. The Morgan fingerprint density at radius 3 is 2.70 bits per heavy atom. The van der Waals surface area contributed by atoms with Crippen LogP contribution in [0.25, 0.3) is 0 Å². The number of amidine groups is 1. The Kier molecular flexibility index (Phi) is 4.25. The molecule has 20 heavy (non-hydrogen) atoms. The average molecular weight is 293 g/mol. The van der Waals surface area contributed by atoms with Gasteiger partial charge in [-0.15, -0.1) is 0 Å². The number of hydrogen-bond donors (Lipinski definition) is 2. The molecule has 0 saturated heterocycles. The first kappa shape index (κ1) is 14.3. The third-order valence-electron chi connectivity index (χ3n) is 2.83. The lowest BCUT2D eigenvalue weighted by atomic mass is 10.1. The Balaban J connectivity index is 2.20. The topological polar surface area (TPSA) is 59.1 Å². The van der Waals surface area contributed by atoms with Crippen molar-refractivity contribution >= 4 is 17.4 Å². The molecule has 2 rings (SSSR count). The minimum Gasteiger partial charge on any atom is -0.487 e. The normalized spacial score (nSPS) is 10.3. The van der Waals surface area contributed by atoms with Crippen LogP contribution < -0.4 is 10.5 Å². The number of benzene rings is 2. The van der Waals surface area contributed by atoms with E-state index in [4.69, 9.17) is 27.5 Å². The van der Waals surface area contributed by atoms with E-state index < -0.39 is 5.82 Å². The molecule has 104 valence electrons. The Labute approximate surface area is 121 Å². The van der Waals surface area contributed by atoms with E-state index in [0.717, 1.165) is 5.56 Å². The molecule has 0 aliphatic rings. The van der Waals surface area contributed by atoms with Gasteiger partial charge >= 0.3 is 0 Å². The van der Waals surface area contributed by atoms with Gasteiger partial charge in [0.15, 0.2) is 0 Å². The molecular weight excluding hydrogens is 279 g/mol. The molecule has 5 heteroatoms. The zero-order chi connectivity index (χ0) is 14.7. The van der Waals surface area contributed by atoms with Crippen LogP contribution in [0.4, 0.5) is 4.39 Å². The lowest BCUT2D eigenvalue weighted by Gasteiger charge is -2.11. The average Bonchev–Trinajstić information content (AvgIpc) is 2.38. The van der Waals surface area contributed by atoms with Gasteiger partial charge < -0.3 is 10.5 Å². The van der Waals surface area contributed by atoms with E-state index in [1.807, 2.05) is 13.0 Å². The Bertz CT molecular complexity index is 658. The third kappa shape index (κ3) is 3.27. The highest BCUT2D eigenvalue weighted by atomic mass is 35.5. The molecule has 3 nitrogen and oxygen atoms in total. The molecule has 2 aromatic carbocycles. The van der Waals surface area contributed by atoms with E-state index >= 15 is 0 Å². The first-order valence-electron chi connectivity index (χ1n) is 5.99. The van der Waals surface area contributed by atoms with Crippen LogP contribution in [0.1, 0.15) is 16.7 Å². The van der Waals surface area contributed by atoms with Crippen LogP contribution in [0.5, 0.6) is 5.75 Å². The van der Waals surface area contributed by atoms with Crippen LogP contribution in [0.15, 0.2) is 36.4 Å². The first-order chi connectivity index (χ1) is 9.47. The molecule has 0 bridgehead atoms. The van der Waals surface area contributed by atoms with Gasteiger partial charge in [0.05, 0.1) is 5.02 Å². The fraction of sp³-hybridized carbons (Fsp3) is 0.133. The molecule has 0 atom stereocenters. The van der Waals surface area contributed by atoms with Gasteiger partial charge in [-0.2, -0.15) is 0 Å². The predicted molar refractivity (Wildman–Crippen MR) is 77.9 cm³/mol. The van der Waals surface area contributed by atoms with Crippen molar-refractivity contribution in [3.63, 3.8) is 0 Å². The molecule has 3 N–H and O–H groups in total. The van der Waals surface area contributed by atoms with Crippen LogP contribution in [0, 0.1) is 18.2 Å². The van der Waals surface area contributed by atoms with Gasteiger partial charge in [-0.3, -0.25) is 5.41 Å². The van der Waals surface area contributed by atoms with Gasteiger partial charge in [0.25, 0.3) is 0 Å². The van der Waals surface area contributed by atoms with Crippen LogP contribution in [0.3, 0.4) is 0 Å². The fourth-order valence-corrected chi connectivity index (χ4v) is 2.09. The standard InChI is InChI=1S/C15H14ClFN2O/c1-9-2-5-14(13(16)6-9)20-8-10-3-4-11(17)7-12(10)15(18)19/h2-7H,8H2,1H3,(H3,18,19). The maximum absolute atomic E-state index is 13.2. The first-order valence-corrected chi connectivity index (χ1v) is 6.37. The zero-order valence-electron chi connectivity index (χ0n) is 10.9. The summed E-state index contributed by atoms with van der Waals surface area (Å²) in [4.78, 5) is 0. The number of rotatable bonds is 4. The van der Waals surface area contributed by atoms with Crippen LogP contribution >= 0.6 is 11.6 Å². The van der Waals surface area contributed by atoms with Gasteiger partial charge in [-0.25, -0.2) is 4.39 Å². The number of aryl methyl sites for hydroxylation is 1. The summed E-state index contributed by atoms with van der Waals surface area (Å²) in [5, 5.41) is 7.97. The van der Waals surface area contributed by atoms with Crippen molar-refractivity contribution in [3.8, 4) is 5.75 Å². The lowest BCUT2D eigenvalue weighted by molar-refractivity contribution is 0.306. The molecular formula is C15H14ClFN2O. The second kappa shape index (κ2) is 5.92. The van der Waals surface area contributed by atoms with Crippen LogP contribution in [-0.4, -0.2) is 5.84 Å². The summed E-state index contributed by atoms with van der Waals surface area (Å²) in [6, 6.07) is 9.54. The summed E-state index contributed by atoms with van der Waals surface area (Å²) < 4.78 is 18.8. The van der Waals surface area contributed by atoms with Crippen molar-refractivity contribution < 1.29 is 9.13 Å². The quantitative estimate of drug-likeness (QED) is 0.667. The molecule has 0 spiro atoms. The monoisotopic (exact) mass is 292 g/mol. The van der Waals surface area contributed by atoms with Gasteiger partial charge in [0.2, 0.25) is 0 Å². The predicted octanol–water partition coefficient (Wildman–Crippen LogP) is 3.65. The molecule has 0 aromatic heterocycles. The number of nitrogens with one attached hydrogen (secondary N) is 1. The SMILES string of the molecule is Cc1ccc(OCc2ccc(F)cc2C(=N)N)c(Cl)c1. The summed E-state index contributed by atoms with van der Waals surface area (Å²) in [5.74, 6) is -0.0958. The summed E-state index contributed by atoms with van der Waals surface area (Å²) >= 11 is 6.07. The van der Waals surface area contributed by atoms with Crippen molar-refractivity contribution in [2.45, 2.75) is 13.5 Å². The number of nitrogen functional groups attached to an aromatic ring is 1. The minimum atomic E-state index is -0.438. The highest BCUT2D eigenvalue weighted by molar-refractivity contribution is 6.32.